The van der Waals surface area contributed by atoms with Crippen LogP contribution in [0.2, 0.25) is 10.0 Å². The van der Waals surface area contributed by atoms with Crippen molar-refractivity contribution in [2.75, 3.05) is 23.7 Å². The number of nitrogen functional groups attached to an aromatic ring is 1. The van der Waals surface area contributed by atoms with E-state index in [0.717, 1.165) is 19.3 Å². The first kappa shape index (κ1) is 28.6. The minimum atomic E-state index is -0.512. The van der Waals surface area contributed by atoms with Crippen molar-refractivity contribution in [1.29, 1.82) is 5.41 Å². The van der Waals surface area contributed by atoms with Gasteiger partial charge in [-0.1, -0.05) is 37.0 Å². The third-order valence-corrected chi connectivity index (χ3v) is 7.65. The zero-order valence-electron chi connectivity index (χ0n) is 21.9. The van der Waals surface area contributed by atoms with Gasteiger partial charge in [-0.2, -0.15) is 0 Å². The molecule has 0 radical (unpaired) electrons. The number of hydrogen-bond donors (Lipinski definition) is 3. The number of hydrogen-bond acceptors (Lipinski definition) is 7. The molecule has 2 aliphatic heterocycles. The lowest BCUT2D eigenvalue weighted by Gasteiger charge is -2.39. The van der Waals surface area contributed by atoms with Gasteiger partial charge in [-0.25, -0.2) is 9.37 Å². The molecule has 2 fully saturated rings. The summed E-state index contributed by atoms with van der Waals surface area (Å²) in [5.74, 6) is 0.261. The first-order valence-electron chi connectivity index (χ1n) is 12.9. The number of carbonyl (C=O) groups is 1. The van der Waals surface area contributed by atoms with Crippen LogP contribution in [-0.2, 0) is 11.4 Å². The Morgan fingerprint density at radius 2 is 1.85 bits per heavy atom. The number of amides is 1. The lowest BCUT2D eigenvalue weighted by molar-refractivity contribution is -0.119. The van der Waals surface area contributed by atoms with Crippen LogP contribution in [0.15, 0.2) is 42.9 Å². The van der Waals surface area contributed by atoms with Gasteiger partial charge in [0.2, 0.25) is 5.91 Å². The highest BCUT2D eigenvalue weighted by atomic mass is 35.5. The monoisotopic (exact) mass is 572 g/mol. The molecule has 8 nitrogen and oxygen atoms in total. The van der Waals surface area contributed by atoms with E-state index in [0.29, 0.717) is 57.7 Å². The molecule has 0 atom stereocenters. The van der Waals surface area contributed by atoms with E-state index >= 15 is 4.39 Å². The Balaban J connectivity index is 0.00000172. The van der Waals surface area contributed by atoms with Crippen LogP contribution in [0.1, 0.15) is 56.2 Å². The van der Waals surface area contributed by atoms with Crippen LogP contribution in [0.5, 0.6) is 5.75 Å². The van der Waals surface area contributed by atoms with Gasteiger partial charge in [0, 0.05) is 66.0 Å². The predicted molar refractivity (Wildman–Crippen MR) is 152 cm³/mol. The van der Waals surface area contributed by atoms with Crippen LogP contribution < -0.4 is 20.7 Å². The van der Waals surface area contributed by atoms with Crippen LogP contribution in [-0.4, -0.2) is 40.2 Å². The lowest BCUT2D eigenvalue weighted by Crippen LogP contribution is -2.51. The van der Waals surface area contributed by atoms with E-state index in [1.165, 1.54) is 24.7 Å². The maximum absolute atomic E-state index is 15.1. The quantitative estimate of drug-likeness (QED) is 0.255. The molecule has 11 heteroatoms. The number of nitrogens with two attached hydrogens (primary N) is 1. The van der Waals surface area contributed by atoms with E-state index in [1.807, 2.05) is 18.7 Å². The molecular weight excluding hydrogens is 542 g/mol. The van der Waals surface area contributed by atoms with Crippen molar-refractivity contribution in [3.8, 4) is 5.75 Å². The van der Waals surface area contributed by atoms with Crippen molar-refractivity contribution < 1.29 is 13.9 Å². The third-order valence-electron chi connectivity index (χ3n) is 7.00. The Morgan fingerprint density at radius 3 is 2.46 bits per heavy atom. The molecule has 0 unspecified atom stereocenters. The third kappa shape index (κ3) is 6.25. The minimum absolute atomic E-state index is 0.0205. The number of benzene rings is 1. The van der Waals surface area contributed by atoms with Crippen molar-refractivity contribution in [2.24, 2.45) is 0 Å². The summed E-state index contributed by atoms with van der Waals surface area (Å²) in [5.41, 5.74) is 7.60. The summed E-state index contributed by atoms with van der Waals surface area (Å²) >= 11 is 12.3. The van der Waals surface area contributed by atoms with E-state index in [2.05, 4.69) is 15.3 Å². The molecule has 4 N–H and O–H groups in total. The van der Waals surface area contributed by atoms with Gasteiger partial charge in [0.1, 0.15) is 12.4 Å². The minimum Gasteiger partial charge on any atom is -0.489 e. The first-order chi connectivity index (χ1) is 18.7. The lowest BCUT2D eigenvalue weighted by atomic mass is 9.86. The number of ether oxygens (including phenoxy) is 1. The van der Waals surface area contributed by atoms with Gasteiger partial charge >= 0.3 is 0 Å². The molecular formula is C28H31Cl2FN6O2. The van der Waals surface area contributed by atoms with Gasteiger partial charge in [0.05, 0.1) is 15.8 Å². The maximum Gasteiger partial charge on any atom is 0.220 e. The van der Waals surface area contributed by atoms with Crippen LogP contribution in [0.25, 0.3) is 0 Å². The Hall–Kier alpha value is -3.43. The number of halogens is 3. The molecule has 1 aromatic carbocycles. The number of pyridine rings is 2. The molecule has 0 aliphatic carbocycles. The van der Waals surface area contributed by atoms with Crippen molar-refractivity contribution in [2.45, 2.75) is 51.7 Å². The second-order valence-corrected chi connectivity index (χ2v) is 10.2. The molecule has 1 amide bonds. The summed E-state index contributed by atoms with van der Waals surface area (Å²) in [6.45, 7) is 5.29. The van der Waals surface area contributed by atoms with Crippen LogP contribution in [0.3, 0.4) is 0 Å². The summed E-state index contributed by atoms with van der Waals surface area (Å²) in [6.07, 6.45) is 7.30. The maximum atomic E-state index is 15.1. The molecule has 2 aromatic heterocycles. The fourth-order valence-corrected chi connectivity index (χ4v) is 5.30. The summed E-state index contributed by atoms with van der Waals surface area (Å²) in [7, 11) is 0. The average molecular weight is 574 g/mol. The molecule has 5 rings (SSSR count). The summed E-state index contributed by atoms with van der Waals surface area (Å²) in [6, 6.07) is 6.22. The van der Waals surface area contributed by atoms with Gasteiger partial charge in [0.25, 0.3) is 0 Å². The van der Waals surface area contributed by atoms with Gasteiger partial charge in [-0.15, -0.1) is 0 Å². The Labute approximate surface area is 237 Å². The standard InChI is InChI=1S/C26H25Cl2FN6O2.C2H6/c27-19-12-32-13-20(28)18(19)14-37-16-1-2-22(30)17(10-16)24(31)15-9-21(29)25(33-11-15)35-7-5-26(6-8-35)4-3-23(36)34-26;1-2/h1-2,9-13,31H,3-8,14,30H2,(H,34,36);1-2H3. The highest BCUT2D eigenvalue weighted by Crippen LogP contribution is 2.34. The van der Waals surface area contributed by atoms with Crippen molar-refractivity contribution in [3.05, 3.63) is 75.4 Å². The number of nitrogens with zero attached hydrogens (tertiary/aromatic N) is 3. The van der Waals surface area contributed by atoms with E-state index in [1.54, 1.807) is 18.2 Å². The van der Waals surface area contributed by atoms with Crippen molar-refractivity contribution in [3.63, 3.8) is 0 Å². The second kappa shape index (κ2) is 12.2. The van der Waals surface area contributed by atoms with E-state index in [9.17, 15) is 4.79 Å². The Kier molecular flexibility index (Phi) is 8.92. The van der Waals surface area contributed by atoms with Gasteiger partial charge < -0.3 is 20.7 Å². The topological polar surface area (TPSA) is 117 Å². The summed E-state index contributed by atoms with van der Waals surface area (Å²) in [4.78, 5) is 21.8. The van der Waals surface area contributed by atoms with Gasteiger partial charge in [-0.05, 0) is 43.5 Å². The second-order valence-electron chi connectivity index (χ2n) is 9.34. The molecule has 2 aliphatic rings. The van der Waals surface area contributed by atoms with Gasteiger partial charge in [-0.3, -0.25) is 15.2 Å². The average Bonchev–Trinajstić information content (AvgIpc) is 3.30. The molecule has 39 heavy (non-hydrogen) atoms. The van der Waals surface area contributed by atoms with Crippen molar-refractivity contribution >= 4 is 46.3 Å². The zero-order valence-corrected chi connectivity index (χ0v) is 23.4. The number of nitrogens with one attached hydrogen (secondary N) is 2. The van der Waals surface area contributed by atoms with Gasteiger partial charge in [0.15, 0.2) is 11.6 Å². The molecule has 0 saturated carbocycles. The SMILES string of the molecule is CC.N=C(c1cnc(N2CCC3(CCC(=O)N3)CC2)c(F)c1)c1cc(OCc2c(Cl)cncc2Cl)ccc1N. The number of rotatable bonds is 6. The fraction of sp³-hybridized carbons (Fsp3) is 0.357. The fourth-order valence-electron chi connectivity index (χ4n) is 4.82. The molecule has 1 spiro atoms. The predicted octanol–water partition coefficient (Wildman–Crippen LogP) is 5.78. The smallest absolute Gasteiger partial charge is 0.220 e. The largest absolute Gasteiger partial charge is 0.489 e. The normalized spacial score (nSPS) is 15.9. The summed E-state index contributed by atoms with van der Waals surface area (Å²) < 4.78 is 21.0. The van der Waals surface area contributed by atoms with E-state index < -0.39 is 5.82 Å². The van der Waals surface area contributed by atoms with E-state index in [-0.39, 0.29) is 29.6 Å². The van der Waals surface area contributed by atoms with E-state index in [4.69, 9.17) is 39.1 Å². The molecule has 0 bridgehead atoms. The number of anilines is 2. The van der Waals surface area contributed by atoms with Crippen LogP contribution in [0.4, 0.5) is 15.9 Å². The first-order valence-corrected chi connectivity index (χ1v) is 13.6. The van der Waals surface area contributed by atoms with Crippen LogP contribution in [0, 0.1) is 11.2 Å². The van der Waals surface area contributed by atoms with Crippen LogP contribution >= 0.6 is 23.2 Å². The number of piperidine rings is 1. The zero-order chi connectivity index (χ0) is 28.2. The summed E-state index contributed by atoms with van der Waals surface area (Å²) in [5, 5.41) is 12.5. The molecule has 2 saturated heterocycles. The molecule has 4 heterocycles. The number of carbonyl (C=O) groups excluding carboxylic acids is 1. The highest BCUT2D eigenvalue weighted by Gasteiger charge is 2.40. The molecule has 3 aromatic rings. The van der Waals surface area contributed by atoms with Crippen molar-refractivity contribution in [1.82, 2.24) is 15.3 Å². The number of aromatic nitrogens is 2. The highest BCUT2D eigenvalue weighted by molar-refractivity contribution is 6.35. The Bertz CT molecular complexity index is 1360. The molecule has 206 valence electrons. The Morgan fingerprint density at radius 1 is 1.15 bits per heavy atom.